The highest BCUT2D eigenvalue weighted by atomic mass is 16.1. The van der Waals surface area contributed by atoms with Gasteiger partial charge in [0, 0.05) is 6.42 Å². The number of Topliss-reactive ketones (excluding diaryl/α,β-unsaturated/α-hetero) is 1. The maximum absolute atomic E-state index is 11.5. The largest absolute Gasteiger partial charge is 0.321 e. The average Bonchev–Trinajstić information content (AvgIpc) is 2.48. The van der Waals surface area contributed by atoms with Crippen LogP contribution in [-0.4, -0.2) is 11.8 Å². The van der Waals surface area contributed by atoms with Crippen molar-refractivity contribution in [2.75, 3.05) is 0 Å². The van der Waals surface area contributed by atoms with E-state index in [9.17, 15) is 4.79 Å². The Morgan fingerprint density at radius 2 is 1.84 bits per heavy atom. The van der Waals surface area contributed by atoms with Gasteiger partial charge in [0.1, 0.15) is 5.78 Å². The van der Waals surface area contributed by atoms with E-state index in [-0.39, 0.29) is 11.8 Å². The molecule has 1 atom stereocenters. The molecule has 2 nitrogen and oxygen atoms in total. The second-order valence-electron chi connectivity index (χ2n) is 5.71. The van der Waals surface area contributed by atoms with E-state index in [1.165, 1.54) is 43.2 Å². The topological polar surface area (TPSA) is 43.1 Å². The molecule has 0 bridgehead atoms. The van der Waals surface area contributed by atoms with Crippen LogP contribution in [0, 0.1) is 0 Å². The molecule has 2 N–H and O–H groups in total. The maximum Gasteiger partial charge on any atom is 0.149 e. The van der Waals surface area contributed by atoms with Crippen LogP contribution >= 0.6 is 0 Å². The molecule has 0 aliphatic heterocycles. The fraction of sp³-hybridized carbons (Fsp3) is 0.588. The summed E-state index contributed by atoms with van der Waals surface area (Å²) < 4.78 is 0. The number of carbonyl (C=O) groups excluding carboxylic acids is 1. The van der Waals surface area contributed by atoms with Gasteiger partial charge in [-0.15, -0.1) is 0 Å². The molecule has 1 fully saturated rings. The van der Waals surface area contributed by atoms with Crippen LogP contribution < -0.4 is 5.73 Å². The minimum Gasteiger partial charge on any atom is -0.321 e. The Kier molecular flexibility index (Phi) is 5.15. The molecule has 1 aliphatic carbocycles. The summed E-state index contributed by atoms with van der Waals surface area (Å²) in [5.41, 5.74) is 8.52. The first-order valence-corrected chi connectivity index (χ1v) is 7.58. The highest BCUT2D eigenvalue weighted by Gasteiger charge is 2.16. The van der Waals surface area contributed by atoms with E-state index in [2.05, 4.69) is 24.3 Å². The van der Waals surface area contributed by atoms with Gasteiger partial charge in [-0.1, -0.05) is 50.5 Å². The molecule has 0 amide bonds. The fourth-order valence-corrected chi connectivity index (χ4v) is 2.99. The van der Waals surface area contributed by atoms with Gasteiger partial charge in [-0.05, 0) is 36.3 Å². The van der Waals surface area contributed by atoms with E-state index in [4.69, 9.17) is 5.73 Å². The molecule has 104 valence electrons. The predicted molar refractivity (Wildman–Crippen MR) is 79.2 cm³/mol. The Morgan fingerprint density at radius 1 is 1.21 bits per heavy atom. The third-order valence-corrected chi connectivity index (χ3v) is 4.27. The number of hydrogen-bond acceptors (Lipinski definition) is 2. The zero-order valence-electron chi connectivity index (χ0n) is 11.9. The van der Waals surface area contributed by atoms with Crippen molar-refractivity contribution < 1.29 is 4.79 Å². The summed E-state index contributed by atoms with van der Waals surface area (Å²) in [7, 11) is 0. The van der Waals surface area contributed by atoms with Crippen molar-refractivity contribution in [2.24, 2.45) is 5.73 Å². The molecule has 0 heterocycles. The molecule has 0 radical (unpaired) electrons. The number of rotatable bonds is 5. The first-order valence-electron chi connectivity index (χ1n) is 7.58. The molecule has 1 saturated carbocycles. The number of benzene rings is 1. The van der Waals surface area contributed by atoms with E-state index >= 15 is 0 Å². The molecule has 0 saturated heterocycles. The zero-order valence-corrected chi connectivity index (χ0v) is 11.9. The molecule has 1 aromatic carbocycles. The van der Waals surface area contributed by atoms with Crippen LogP contribution in [0.2, 0.25) is 0 Å². The van der Waals surface area contributed by atoms with Crippen LogP contribution in [-0.2, 0) is 11.2 Å². The van der Waals surface area contributed by atoms with Crippen LogP contribution in [0.25, 0.3) is 0 Å². The SMILES string of the molecule is CCC(=O)[C@@H](N)Cc1ccc(C2CCCCC2)cc1. The summed E-state index contributed by atoms with van der Waals surface area (Å²) in [6.07, 6.45) is 7.96. The molecule has 0 aromatic heterocycles. The molecule has 0 unspecified atom stereocenters. The average molecular weight is 259 g/mol. The number of hydrogen-bond donors (Lipinski definition) is 1. The van der Waals surface area contributed by atoms with E-state index in [0.29, 0.717) is 12.8 Å². The number of carbonyl (C=O) groups is 1. The van der Waals surface area contributed by atoms with Gasteiger partial charge in [-0.3, -0.25) is 4.79 Å². The van der Waals surface area contributed by atoms with Crippen molar-refractivity contribution >= 4 is 5.78 Å². The third kappa shape index (κ3) is 3.90. The molecule has 2 heteroatoms. The van der Waals surface area contributed by atoms with Crippen LogP contribution in [0.1, 0.15) is 62.5 Å². The summed E-state index contributed by atoms with van der Waals surface area (Å²) in [4.78, 5) is 11.5. The van der Waals surface area contributed by atoms with Gasteiger partial charge >= 0.3 is 0 Å². The minimum absolute atomic E-state index is 0.149. The van der Waals surface area contributed by atoms with E-state index in [0.717, 1.165) is 5.92 Å². The predicted octanol–water partition coefficient (Wildman–Crippen LogP) is 3.58. The Morgan fingerprint density at radius 3 is 2.42 bits per heavy atom. The van der Waals surface area contributed by atoms with Gasteiger partial charge < -0.3 is 5.73 Å². The van der Waals surface area contributed by atoms with Gasteiger partial charge in [-0.2, -0.15) is 0 Å². The summed E-state index contributed by atoms with van der Waals surface area (Å²) in [5.74, 6) is 0.894. The molecule has 19 heavy (non-hydrogen) atoms. The molecular weight excluding hydrogens is 234 g/mol. The van der Waals surface area contributed by atoms with Crippen LogP contribution in [0.3, 0.4) is 0 Å². The van der Waals surface area contributed by atoms with E-state index in [1.807, 2.05) is 6.92 Å². The van der Waals surface area contributed by atoms with Crippen molar-refractivity contribution in [1.82, 2.24) is 0 Å². The lowest BCUT2D eigenvalue weighted by Gasteiger charge is -2.22. The molecule has 1 aromatic rings. The standard InChI is InChI=1S/C17H25NO/c1-2-17(19)16(18)12-13-8-10-15(11-9-13)14-6-4-3-5-7-14/h8-11,14,16H,2-7,12,18H2,1H3/t16-/m0/s1. The quantitative estimate of drug-likeness (QED) is 0.878. The fourth-order valence-electron chi connectivity index (χ4n) is 2.99. The Balaban J connectivity index is 1.96. The second kappa shape index (κ2) is 6.85. The Hall–Kier alpha value is -1.15. The smallest absolute Gasteiger partial charge is 0.149 e. The summed E-state index contributed by atoms with van der Waals surface area (Å²) in [6.45, 7) is 1.87. The lowest BCUT2D eigenvalue weighted by Crippen LogP contribution is -2.32. The number of nitrogens with two attached hydrogens (primary N) is 1. The van der Waals surface area contributed by atoms with Crippen LogP contribution in [0.15, 0.2) is 24.3 Å². The summed E-state index contributed by atoms with van der Waals surface area (Å²) >= 11 is 0. The van der Waals surface area contributed by atoms with Crippen LogP contribution in [0.4, 0.5) is 0 Å². The van der Waals surface area contributed by atoms with Gasteiger partial charge in [-0.25, -0.2) is 0 Å². The van der Waals surface area contributed by atoms with Gasteiger partial charge in [0.15, 0.2) is 0 Å². The Labute approximate surface area is 116 Å². The van der Waals surface area contributed by atoms with Gasteiger partial charge in [0.25, 0.3) is 0 Å². The van der Waals surface area contributed by atoms with Crippen molar-refractivity contribution in [3.8, 4) is 0 Å². The molecule has 2 rings (SSSR count). The Bertz CT molecular complexity index is 404. The maximum atomic E-state index is 11.5. The lowest BCUT2D eigenvalue weighted by atomic mass is 9.84. The second-order valence-corrected chi connectivity index (χ2v) is 5.71. The normalized spacial score (nSPS) is 18.2. The van der Waals surface area contributed by atoms with Crippen molar-refractivity contribution in [3.63, 3.8) is 0 Å². The summed E-state index contributed by atoms with van der Waals surface area (Å²) in [5, 5.41) is 0. The van der Waals surface area contributed by atoms with Crippen molar-refractivity contribution in [2.45, 2.75) is 63.8 Å². The lowest BCUT2D eigenvalue weighted by molar-refractivity contribution is -0.119. The zero-order chi connectivity index (χ0) is 13.7. The third-order valence-electron chi connectivity index (χ3n) is 4.27. The first-order chi connectivity index (χ1) is 9.20. The van der Waals surface area contributed by atoms with Gasteiger partial charge in [0.2, 0.25) is 0 Å². The van der Waals surface area contributed by atoms with Crippen molar-refractivity contribution in [3.05, 3.63) is 35.4 Å². The highest BCUT2D eigenvalue weighted by molar-refractivity contribution is 5.83. The molecule has 0 spiro atoms. The summed E-state index contributed by atoms with van der Waals surface area (Å²) in [6, 6.07) is 8.41. The van der Waals surface area contributed by atoms with Crippen LogP contribution in [0.5, 0.6) is 0 Å². The van der Waals surface area contributed by atoms with E-state index < -0.39 is 0 Å². The van der Waals surface area contributed by atoms with Gasteiger partial charge in [0.05, 0.1) is 6.04 Å². The van der Waals surface area contributed by atoms with Crippen molar-refractivity contribution in [1.29, 1.82) is 0 Å². The minimum atomic E-state index is -0.342. The van der Waals surface area contributed by atoms with E-state index in [1.54, 1.807) is 0 Å². The molecular formula is C17H25NO. The number of ketones is 1. The molecule has 1 aliphatic rings. The highest BCUT2D eigenvalue weighted by Crippen LogP contribution is 2.32. The first kappa shape index (κ1) is 14.3. The monoisotopic (exact) mass is 259 g/mol.